The molecule has 1 fully saturated rings. The Morgan fingerprint density at radius 2 is 2.21 bits per heavy atom. The molecule has 1 aromatic heterocycles. The molecule has 0 saturated heterocycles. The van der Waals surface area contributed by atoms with E-state index in [1.54, 1.807) is 0 Å². The van der Waals surface area contributed by atoms with Crippen LogP contribution in [0.2, 0.25) is 0 Å². The summed E-state index contributed by atoms with van der Waals surface area (Å²) in [6.07, 6.45) is 5.38. The number of rotatable bonds is 3. The van der Waals surface area contributed by atoms with E-state index in [1.165, 1.54) is 18.4 Å². The van der Waals surface area contributed by atoms with Gasteiger partial charge >= 0.3 is 0 Å². The van der Waals surface area contributed by atoms with Crippen molar-refractivity contribution < 1.29 is 0 Å². The average Bonchev–Trinajstić information content (AvgIpc) is 2.89. The van der Waals surface area contributed by atoms with Gasteiger partial charge in [0.2, 0.25) is 0 Å². The standard InChI is InChI=1S/C12H18N2/c1-9-3-4-10(14-8-9)7-11(13)12(2)5-6-12/h3-4,8,11H,5-7,13H2,1-2H3. The summed E-state index contributed by atoms with van der Waals surface area (Å²) in [5.74, 6) is 0. The molecule has 2 nitrogen and oxygen atoms in total. The highest BCUT2D eigenvalue weighted by molar-refractivity contribution is 5.14. The molecule has 1 aromatic rings. The second-order valence-corrected chi connectivity index (χ2v) is 4.79. The Bertz CT molecular complexity index is 312. The van der Waals surface area contributed by atoms with Gasteiger partial charge in [-0.1, -0.05) is 13.0 Å². The second kappa shape index (κ2) is 3.35. The molecule has 0 amide bonds. The summed E-state index contributed by atoms with van der Waals surface area (Å²) in [5, 5.41) is 0. The molecule has 14 heavy (non-hydrogen) atoms. The molecule has 0 spiro atoms. The van der Waals surface area contributed by atoms with Crippen LogP contribution in [-0.2, 0) is 6.42 Å². The maximum Gasteiger partial charge on any atom is 0.0419 e. The van der Waals surface area contributed by atoms with Gasteiger partial charge in [0.05, 0.1) is 0 Å². The quantitative estimate of drug-likeness (QED) is 0.792. The monoisotopic (exact) mass is 190 g/mol. The van der Waals surface area contributed by atoms with E-state index in [1.807, 2.05) is 6.20 Å². The normalized spacial score (nSPS) is 20.5. The van der Waals surface area contributed by atoms with Crippen molar-refractivity contribution in [3.63, 3.8) is 0 Å². The van der Waals surface area contributed by atoms with E-state index in [4.69, 9.17) is 5.73 Å². The third-order valence-corrected chi connectivity index (χ3v) is 3.34. The first-order valence-corrected chi connectivity index (χ1v) is 5.27. The zero-order valence-electron chi connectivity index (χ0n) is 8.96. The first kappa shape index (κ1) is 9.66. The minimum atomic E-state index is 0.276. The number of pyridine rings is 1. The smallest absolute Gasteiger partial charge is 0.0419 e. The van der Waals surface area contributed by atoms with Crippen LogP contribution >= 0.6 is 0 Å². The molecule has 1 unspecified atom stereocenters. The molecular formula is C12H18N2. The Morgan fingerprint density at radius 3 is 2.71 bits per heavy atom. The predicted molar refractivity (Wildman–Crippen MR) is 58.0 cm³/mol. The van der Waals surface area contributed by atoms with Crippen LogP contribution in [0.4, 0.5) is 0 Å². The highest BCUT2D eigenvalue weighted by Crippen LogP contribution is 2.47. The Kier molecular flexibility index (Phi) is 2.31. The summed E-state index contributed by atoms with van der Waals surface area (Å²) in [6.45, 7) is 4.32. The second-order valence-electron chi connectivity index (χ2n) is 4.79. The van der Waals surface area contributed by atoms with Gasteiger partial charge in [-0.2, -0.15) is 0 Å². The van der Waals surface area contributed by atoms with E-state index < -0.39 is 0 Å². The highest BCUT2D eigenvalue weighted by Gasteiger charge is 2.42. The number of nitrogens with zero attached hydrogens (tertiary/aromatic N) is 1. The first-order valence-electron chi connectivity index (χ1n) is 5.27. The number of aromatic nitrogens is 1. The van der Waals surface area contributed by atoms with Gasteiger partial charge in [-0.15, -0.1) is 0 Å². The van der Waals surface area contributed by atoms with Crippen LogP contribution in [0, 0.1) is 12.3 Å². The zero-order valence-corrected chi connectivity index (χ0v) is 8.96. The van der Waals surface area contributed by atoms with Crippen molar-refractivity contribution in [2.24, 2.45) is 11.1 Å². The largest absolute Gasteiger partial charge is 0.327 e. The lowest BCUT2D eigenvalue weighted by Gasteiger charge is -2.17. The molecule has 1 saturated carbocycles. The van der Waals surface area contributed by atoms with Crippen molar-refractivity contribution in [1.29, 1.82) is 0 Å². The van der Waals surface area contributed by atoms with Crippen LogP contribution in [0.25, 0.3) is 0 Å². The fourth-order valence-electron chi connectivity index (χ4n) is 1.66. The van der Waals surface area contributed by atoms with Crippen LogP contribution in [0.1, 0.15) is 31.0 Å². The molecule has 1 aliphatic carbocycles. The van der Waals surface area contributed by atoms with Crippen molar-refractivity contribution >= 4 is 0 Å². The van der Waals surface area contributed by atoms with Gasteiger partial charge in [0.15, 0.2) is 0 Å². The topological polar surface area (TPSA) is 38.9 Å². The number of aryl methyl sites for hydroxylation is 1. The van der Waals surface area contributed by atoms with Gasteiger partial charge in [0.1, 0.15) is 0 Å². The van der Waals surface area contributed by atoms with E-state index in [9.17, 15) is 0 Å². The number of hydrogen-bond acceptors (Lipinski definition) is 2. The van der Waals surface area contributed by atoms with Gasteiger partial charge in [-0.25, -0.2) is 0 Å². The SMILES string of the molecule is Cc1ccc(CC(N)C2(C)CC2)nc1. The van der Waals surface area contributed by atoms with Gasteiger partial charge in [0.25, 0.3) is 0 Å². The summed E-state index contributed by atoms with van der Waals surface area (Å²) in [5.41, 5.74) is 8.87. The first-order chi connectivity index (χ1) is 6.60. The number of nitrogens with two attached hydrogens (primary N) is 1. The highest BCUT2D eigenvalue weighted by atomic mass is 14.8. The van der Waals surface area contributed by atoms with Crippen LogP contribution in [0.3, 0.4) is 0 Å². The maximum absolute atomic E-state index is 6.14. The predicted octanol–water partition coefficient (Wildman–Crippen LogP) is 2.06. The van der Waals surface area contributed by atoms with E-state index >= 15 is 0 Å². The molecule has 1 aliphatic rings. The van der Waals surface area contributed by atoms with Crippen molar-refractivity contribution in [1.82, 2.24) is 4.98 Å². The third kappa shape index (κ3) is 1.95. The Labute approximate surface area is 85.5 Å². The Morgan fingerprint density at radius 1 is 1.50 bits per heavy atom. The maximum atomic E-state index is 6.14. The molecule has 2 N–H and O–H groups in total. The van der Waals surface area contributed by atoms with Crippen molar-refractivity contribution in [3.05, 3.63) is 29.6 Å². The van der Waals surface area contributed by atoms with Crippen molar-refractivity contribution in [2.75, 3.05) is 0 Å². The summed E-state index contributed by atoms with van der Waals surface area (Å²) in [6, 6.07) is 4.46. The average molecular weight is 190 g/mol. The molecule has 0 bridgehead atoms. The number of hydrogen-bond donors (Lipinski definition) is 1. The lowest BCUT2D eigenvalue weighted by Crippen LogP contribution is -2.32. The van der Waals surface area contributed by atoms with Gasteiger partial charge in [0, 0.05) is 24.4 Å². The molecule has 1 atom stereocenters. The lowest BCUT2D eigenvalue weighted by atomic mass is 9.95. The fourth-order valence-corrected chi connectivity index (χ4v) is 1.66. The Hall–Kier alpha value is -0.890. The molecule has 0 aliphatic heterocycles. The molecule has 1 heterocycles. The summed E-state index contributed by atoms with van der Waals surface area (Å²) in [4.78, 5) is 4.38. The van der Waals surface area contributed by atoms with E-state index in [0.29, 0.717) is 5.41 Å². The summed E-state index contributed by atoms with van der Waals surface area (Å²) in [7, 11) is 0. The molecule has 0 radical (unpaired) electrons. The van der Waals surface area contributed by atoms with E-state index in [-0.39, 0.29) is 6.04 Å². The Balaban J connectivity index is 2.00. The zero-order chi connectivity index (χ0) is 10.2. The van der Waals surface area contributed by atoms with Crippen LogP contribution in [0.5, 0.6) is 0 Å². The fraction of sp³-hybridized carbons (Fsp3) is 0.583. The van der Waals surface area contributed by atoms with Crippen molar-refractivity contribution in [2.45, 2.75) is 39.2 Å². The molecule has 2 rings (SSSR count). The summed E-state index contributed by atoms with van der Waals surface area (Å²) < 4.78 is 0. The van der Waals surface area contributed by atoms with Gasteiger partial charge in [-0.3, -0.25) is 4.98 Å². The minimum absolute atomic E-state index is 0.276. The van der Waals surface area contributed by atoms with E-state index in [0.717, 1.165) is 12.1 Å². The third-order valence-electron chi connectivity index (χ3n) is 3.34. The van der Waals surface area contributed by atoms with Crippen molar-refractivity contribution in [3.8, 4) is 0 Å². The molecular weight excluding hydrogens is 172 g/mol. The van der Waals surface area contributed by atoms with Crippen LogP contribution in [-0.4, -0.2) is 11.0 Å². The lowest BCUT2D eigenvalue weighted by molar-refractivity contribution is 0.430. The van der Waals surface area contributed by atoms with Crippen LogP contribution in [0.15, 0.2) is 18.3 Å². The minimum Gasteiger partial charge on any atom is -0.327 e. The van der Waals surface area contributed by atoms with Crippen LogP contribution < -0.4 is 5.73 Å². The van der Waals surface area contributed by atoms with E-state index in [2.05, 4.69) is 31.0 Å². The summed E-state index contributed by atoms with van der Waals surface area (Å²) >= 11 is 0. The molecule has 0 aromatic carbocycles. The van der Waals surface area contributed by atoms with Gasteiger partial charge < -0.3 is 5.73 Å². The van der Waals surface area contributed by atoms with Gasteiger partial charge in [-0.05, 0) is 36.8 Å². The molecule has 2 heteroatoms. The molecule has 76 valence electrons.